The van der Waals surface area contributed by atoms with Crippen molar-refractivity contribution in [3.05, 3.63) is 0 Å². The third-order valence-electron chi connectivity index (χ3n) is 2.24. The van der Waals surface area contributed by atoms with Crippen molar-refractivity contribution in [1.82, 2.24) is 4.90 Å². The van der Waals surface area contributed by atoms with E-state index in [2.05, 4.69) is 30.7 Å². The average molecular weight is 261 g/mol. The van der Waals surface area contributed by atoms with Crippen LogP contribution in [0.5, 0.6) is 0 Å². The Hall–Kier alpha value is -0.0300. The zero-order chi connectivity index (χ0) is 12.0. The minimum absolute atomic E-state index is 0.325. The first-order valence-corrected chi connectivity index (χ1v) is 7.90. The third kappa shape index (κ3) is 5.89. The number of hydrogen-bond acceptors (Lipinski definition) is 3. The molecule has 0 saturated carbocycles. The minimum Gasteiger partial charge on any atom is -0.370 e. The molecule has 0 amide bonds. The maximum absolute atomic E-state index is 5.96. The highest BCUT2D eigenvalue weighted by molar-refractivity contribution is 8.00. The van der Waals surface area contributed by atoms with Crippen molar-refractivity contribution in [3.63, 3.8) is 0 Å². The fraction of sp³-hybridized carbons (Fsp3) is 0.909. The van der Waals surface area contributed by atoms with Gasteiger partial charge in [-0.3, -0.25) is 4.99 Å². The molecular formula is C11H23N3S2. The Kier molecular flexibility index (Phi) is 5.83. The van der Waals surface area contributed by atoms with Crippen LogP contribution in [-0.4, -0.2) is 52.5 Å². The van der Waals surface area contributed by atoms with Gasteiger partial charge in [-0.1, -0.05) is 20.8 Å². The molecule has 1 heterocycles. The van der Waals surface area contributed by atoms with Crippen LogP contribution in [0.15, 0.2) is 4.99 Å². The van der Waals surface area contributed by atoms with Crippen molar-refractivity contribution in [1.29, 1.82) is 0 Å². The van der Waals surface area contributed by atoms with Gasteiger partial charge in [-0.25, -0.2) is 0 Å². The lowest BCUT2D eigenvalue weighted by Crippen LogP contribution is -2.42. The van der Waals surface area contributed by atoms with E-state index in [0.29, 0.717) is 4.75 Å². The number of hydrogen-bond donors (Lipinski definition) is 1. The molecule has 0 bridgehead atoms. The Bertz CT molecular complexity index is 230. The number of nitrogens with zero attached hydrogens (tertiary/aromatic N) is 2. The van der Waals surface area contributed by atoms with Crippen LogP contribution in [0.4, 0.5) is 0 Å². The molecule has 0 aliphatic carbocycles. The van der Waals surface area contributed by atoms with Crippen molar-refractivity contribution in [2.24, 2.45) is 10.7 Å². The normalized spacial score (nSPS) is 18.9. The summed E-state index contributed by atoms with van der Waals surface area (Å²) in [5.41, 5.74) is 5.96. The van der Waals surface area contributed by atoms with Gasteiger partial charge in [0.2, 0.25) is 0 Å². The van der Waals surface area contributed by atoms with Gasteiger partial charge in [0.25, 0.3) is 0 Å². The van der Waals surface area contributed by atoms with Crippen LogP contribution in [0.2, 0.25) is 0 Å². The van der Waals surface area contributed by atoms with Gasteiger partial charge in [0, 0.05) is 35.1 Å². The van der Waals surface area contributed by atoms with E-state index in [-0.39, 0.29) is 0 Å². The van der Waals surface area contributed by atoms with E-state index in [1.165, 1.54) is 11.5 Å². The molecule has 0 aromatic heterocycles. The van der Waals surface area contributed by atoms with Crippen LogP contribution in [0, 0.1) is 0 Å². The van der Waals surface area contributed by atoms with Crippen LogP contribution < -0.4 is 5.73 Å². The summed E-state index contributed by atoms with van der Waals surface area (Å²) >= 11 is 3.93. The minimum atomic E-state index is 0.325. The fourth-order valence-corrected chi connectivity index (χ4v) is 3.10. The van der Waals surface area contributed by atoms with E-state index in [9.17, 15) is 0 Å². The second kappa shape index (κ2) is 6.64. The maximum atomic E-state index is 5.96. The first kappa shape index (κ1) is 14.0. The van der Waals surface area contributed by atoms with E-state index < -0.39 is 0 Å². The van der Waals surface area contributed by atoms with Crippen molar-refractivity contribution in [2.45, 2.75) is 25.5 Å². The first-order chi connectivity index (χ1) is 7.49. The predicted molar refractivity (Wildman–Crippen MR) is 77.6 cm³/mol. The molecule has 16 heavy (non-hydrogen) atoms. The average Bonchev–Trinajstić information content (AvgIpc) is 2.24. The van der Waals surface area contributed by atoms with Crippen LogP contribution in [0.25, 0.3) is 0 Å². The summed E-state index contributed by atoms with van der Waals surface area (Å²) in [6.45, 7) is 9.61. The third-order valence-corrected chi connectivity index (χ3v) is 4.43. The van der Waals surface area contributed by atoms with E-state index in [1.54, 1.807) is 0 Å². The molecule has 1 fully saturated rings. The Balaban J connectivity index is 2.22. The second-order valence-corrected chi connectivity index (χ2v) is 7.95. The highest BCUT2D eigenvalue weighted by Gasteiger charge is 2.12. The molecule has 3 nitrogen and oxygen atoms in total. The number of thioether (sulfide) groups is 2. The van der Waals surface area contributed by atoms with Crippen LogP contribution in [-0.2, 0) is 0 Å². The van der Waals surface area contributed by atoms with Crippen LogP contribution in [0.3, 0.4) is 0 Å². The van der Waals surface area contributed by atoms with Crippen molar-refractivity contribution < 1.29 is 0 Å². The van der Waals surface area contributed by atoms with E-state index in [1.807, 2.05) is 23.5 Å². The predicted octanol–water partition coefficient (Wildman–Crippen LogP) is 1.88. The smallest absolute Gasteiger partial charge is 0.191 e. The van der Waals surface area contributed by atoms with Crippen molar-refractivity contribution >= 4 is 29.5 Å². The summed E-state index contributed by atoms with van der Waals surface area (Å²) in [7, 11) is 0. The van der Waals surface area contributed by atoms with Crippen molar-refractivity contribution in [3.8, 4) is 0 Å². The summed E-state index contributed by atoms with van der Waals surface area (Å²) in [6.07, 6.45) is 0. The summed E-state index contributed by atoms with van der Waals surface area (Å²) in [4.78, 5) is 6.63. The molecule has 1 saturated heterocycles. The summed E-state index contributed by atoms with van der Waals surface area (Å²) < 4.78 is 0.325. The zero-order valence-corrected chi connectivity index (χ0v) is 12.2. The molecule has 0 spiro atoms. The molecule has 0 atom stereocenters. The van der Waals surface area contributed by atoms with Gasteiger partial charge in [-0.2, -0.15) is 23.5 Å². The topological polar surface area (TPSA) is 41.6 Å². The quantitative estimate of drug-likeness (QED) is 0.478. The van der Waals surface area contributed by atoms with Gasteiger partial charge in [0.05, 0.1) is 6.54 Å². The Morgan fingerprint density at radius 3 is 2.56 bits per heavy atom. The molecule has 1 rings (SSSR count). The number of nitrogens with two attached hydrogens (primary N) is 1. The Morgan fingerprint density at radius 2 is 2.00 bits per heavy atom. The highest BCUT2D eigenvalue weighted by atomic mass is 32.2. The Morgan fingerprint density at radius 1 is 1.38 bits per heavy atom. The SMILES string of the molecule is CC(C)(C)SCCN=C(N)N1CCSCC1. The van der Waals surface area contributed by atoms with Crippen molar-refractivity contribution in [2.75, 3.05) is 36.9 Å². The lowest BCUT2D eigenvalue weighted by Gasteiger charge is -2.27. The molecule has 2 N–H and O–H groups in total. The summed E-state index contributed by atoms with van der Waals surface area (Å²) in [6, 6.07) is 0. The van der Waals surface area contributed by atoms with Gasteiger partial charge < -0.3 is 10.6 Å². The van der Waals surface area contributed by atoms with Crippen LogP contribution >= 0.6 is 23.5 Å². The molecule has 0 aromatic rings. The van der Waals surface area contributed by atoms with Crippen LogP contribution in [0.1, 0.15) is 20.8 Å². The monoisotopic (exact) mass is 261 g/mol. The molecule has 0 radical (unpaired) electrons. The first-order valence-electron chi connectivity index (χ1n) is 5.75. The number of rotatable bonds is 3. The zero-order valence-electron chi connectivity index (χ0n) is 10.5. The van der Waals surface area contributed by atoms with Gasteiger partial charge in [-0.05, 0) is 0 Å². The molecule has 5 heteroatoms. The lowest BCUT2D eigenvalue weighted by atomic mass is 10.3. The summed E-state index contributed by atoms with van der Waals surface area (Å²) in [5, 5.41) is 0. The maximum Gasteiger partial charge on any atom is 0.191 e. The second-order valence-electron chi connectivity index (χ2n) is 4.80. The highest BCUT2D eigenvalue weighted by Crippen LogP contribution is 2.22. The van der Waals surface area contributed by atoms with E-state index in [4.69, 9.17) is 5.73 Å². The largest absolute Gasteiger partial charge is 0.370 e. The molecule has 94 valence electrons. The standard InChI is InChI=1S/C11H23N3S2/c1-11(2,3)16-7-4-13-10(12)14-5-8-15-9-6-14/h4-9H2,1-3H3,(H2,12,13). The summed E-state index contributed by atoms with van der Waals surface area (Å²) in [5.74, 6) is 4.13. The molecule has 0 unspecified atom stereocenters. The lowest BCUT2D eigenvalue weighted by molar-refractivity contribution is 0.456. The Labute approximate surface area is 108 Å². The molecule has 1 aliphatic rings. The van der Waals surface area contributed by atoms with E-state index >= 15 is 0 Å². The van der Waals surface area contributed by atoms with E-state index in [0.717, 1.165) is 31.3 Å². The van der Waals surface area contributed by atoms with Gasteiger partial charge in [-0.15, -0.1) is 0 Å². The molecule has 0 aromatic carbocycles. The number of aliphatic imine (C=N–C) groups is 1. The van der Waals surface area contributed by atoms with Gasteiger partial charge in [0.15, 0.2) is 5.96 Å². The van der Waals surface area contributed by atoms with Gasteiger partial charge >= 0.3 is 0 Å². The molecular weight excluding hydrogens is 238 g/mol. The fourth-order valence-electron chi connectivity index (χ4n) is 1.40. The number of guanidine groups is 1. The molecule has 1 aliphatic heterocycles. The van der Waals surface area contributed by atoms with Gasteiger partial charge in [0.1, 0.15) is 0 Å².